The van der Waals surface area contributed by atoms with Crippen LogP contribution in [-0.2, 0) is 19.5 Å². The van der Waals surface area contributed by atoms with Crippen molar-refractivity contribution in [2.75, 3.05) is 10.6 Å². The smallest absolute Gasteiger partial charge is 0.545 e. The molecule has 0 amide bonds. The number of nitrogens with one attached hydrogen (secondary N) is 2. The summed E-state index contributed by atoms with van der Waals surface area (Å²) in [5, 5.41) is 31.6. The maximum absolute atomic E-state index is 11.0. The van der Waals surface area contributed by atoms with Crippen LogP contribution in [0.2, 0.25) is 10.0 Å². The van der Waals surface area contributed by atoms with Gasteiger partial charge in [-0.05, 0) is 73.5 Å². The molecule has 2 heterocycles. The largest absolute Gasteiger partial charge is 2.00 e. The predicted molar refractivity (Wildman–Crippen MR) is 198 cm³/mol. The molecule has 5 aromatic carbocycles. The van der Waals surface area contributed by atoms with Gasteiger partial charge in [-0.2, -0.15) is 0 Å². The molecule has 0 bridgehead atoms. The Bertz CT molecular complexity index is 2160. The van der Waals surface area contributed by atoms with Crippen LogP contribution in [0.4, 0.5) is 22.7 Å². The van der Waals surface area contributed by atoms with Crippen molar-refractivity contribution < 1.29 is 39.3 Å². The summed E-state index contributed by atoms with van der Waals surface area (Å²) in [5.41, 5.74) is 6.46. The van der Waals surface area contributed by atoms with Crippen LogP contribution >= 0.6 is 23.2 Å². The summed E-state index contributed by atoms with van der Waals surface area (Å²) in [4.78, 5) is 30.7. The fourth-order valence-corrected chi connectivity index (χ4v) is 5.35. The monoisotopic (exact) mass is 764 g/mol. The van der Waals surface area contributed by atoms with Gasteiger partial charge in [0.05, 0.1) is 23.0 Å². The molecule has 0 aliphatic carbocycles. The third-order valence-corrected chi connectivity index (χ3v) is 8.53. The molecule has 2 N–H and O–H groups in total. The van der Waals surface area contributed by atoms with Gasteiger partial charge < -0.3 is 30.4 Å². The van der Waals surface area contributed by atoms with Gasteiger partial charge in [0.1, 0.15) is 0 Å². The van der Waals surface area contributed by atoms with E-state index in [0.717, 1.165) is 44.3 Å². The molecule has 0 atom stereocenters. The first-order chi connectivity index (χ1) is 24.1. The van der Waals surface area contributed by atoms with Crippen molar-refractivity contribution in [3.8, 4) is 0 Å². The van der Waals surface area contributed by atoms with Crippen LogP contribution < -0.4 is 20.8 Å². The molecule has 8 nitrogen and oxygen atoms in total. The van der Waals surface area contributed by atoms with Crippen LogP contribution in [0.3, 0.4) is 0 Å². The third-order valence-electron chi connectivity index (χ3n) is 7.71. The molecule has 0 unspecified atom stereocenters. The van der Waals surface area contributed by atoms with Gasteiger partial charge in [0.25, 0.3) is 0 Å². The maximum atomic E-state index is 11.0. The van der Waals surface area contributed by atoms with Crippen molar-refractivity contribution >= 4 is 79.7 Å². The molecular weight excluding hydrogens is 737 g/mol. The molecule has 7 aromatic rings. The number of hydrogen-bond acceptors (Lipinski definition) is 8. The van der Waals surface area contributed by atoms with Gasteiger partial charge in [0.2, 0.25) is 0 Å². The first-order valence-electron chi connectivity index (χ1n) is 15.4. The number of pyridine rings is 2. The van der Waals surface area contributed by atoms with Crippen molar-refractivity contribution in [2.45, 2.75) is 13.8 Å². The van der Waals surface area contributed by atoms with Gasteiger partial charge in [-0.15, -0.1) is 0 Å². The van der Waals surface area contributed by atoms with Gasteiger partial charge in [0.15, 0.2) is 0 Å². The van der Waals surface area contributed by atoms with E-state index in [2.05, 4.69) is 44.9 Å². The Morgan fingerprint density at radius 3 is 1.27 bits per heavy atom. The van der Waals surface area contributed by atoms with Crippen molar-refractivity contribution in [3.63, 3.8) is 0 Å². The minimum atomic E-state index is -1.21. The number of carboxylic acid groups (broad SMARTS) is 2. The van der Waals surface area contributed by atoms with Crippen LogP contribution in [0, 0.1) is 13.8 Å². The van der Waals surface area contributed by atoms with E-state index in [-0.39, 0.29) is 30.6 Å². The van der Waals surface area contributed by atoms with Crippen molar-refractivity contribution in [3.05, 3.63) is 166 Å². The summed E-state index contributed by atoms with van der Waals surface area (Å²) in [6, 6.07) is 36.2. The van der Waals surface area contributed by atoms with E-state index >= 15 is 0 Å². The average molecular weight is 767 g/mol. The summed E-state index contributed by atoms with van der Waals surface area (Å²) in [5.74, 6) is -2.42. The zero-order valence-corrected chi connectivity index (χ0v) is 32.2. The predicted octanol–water partition coefficient (Wildman–Crippen LogP) is 8.29. The minimum Gasteiger partial charge on any atom is -0.545 e. The van der Waals surface area contributed by atoms with Crippen LogP contribution in [0.1, 0.15) is 31.8 Å². The quantitative estimate of drug-likeness (QED) is 0.128. The second-order valence-corrected chi connectivity index (χ2v) is 11.8. The first kappa shape index (κ1) is 38.5. The molecular formula is C40H30Cl2N4O4Zn. The maximum Gasteiger partial charge on any atom is 2.00 e. The summed E-state index contributed by atoms with van der Waals surface area (Å²) in [6.07, 6.45) is 3.60. The first-order valence-corrected chi connectivity index (χ1v) is 16.1. The van der Waals surface area contributed by atoms with Gasteiger partial charge in [-0.3, -0.25) is 9.97 Å². The number of carbonyl (C=O) groups excluding carboxylic acids is 2. The Kier molecular flexibility index (Phi) is 13.6. The molecule has 51 heavy (non-hydrogen) atoms. The topological polar surface area (TPSA) is 130 Å². The fraction of sp³-hybridized carbons (Fsp3) is 0.0500. The summed E-state index contributed by atoms with van der Waals surface area (Å²) in [6.45, 7) is 3.73. The molecule has 250 valence electrons. The van der Waals surface area contributed by atoms with Crippen molar-refractivity contribution in [1.82, 2.24) is 9.97 Å². The molecule has 2 aromatic heterocycles. The van der Waals surface area contributed by atoms with Crippen LogP contribution in [0.5, 0.6) is 0 Å². The number of anilines is 4. The second kappa shape index (κ2) is 18.1. The zero-order valence-electron chi connectivity index (χ0n) is 27.7. The van der Waals surface area contributed by atoms with E-state index in [4.69, 9.17) is 23.2 Å². The van der Waals surface area contributed by atoms with E-state index in [9.17, 15) is 19.8 Å². The number of rotatable bonds is 6. The number of hydrogen-bond donors (Lipinski definition) is 2. The SMILES string of the molecule is Cc1c(Cl)cccc1Nc1ccccc1C(=O)[O-].Cc1c(Cl)cccc1Nc1ccccc1C(=O)[O-].[Zn+2].c1cnc2c(c1)ccc1cccnc12. The van der Waals surface area contributed by atoms with E-state index in [1.807, 2.05) is 38.1 Å². The fourth-order valence-electron chi connectivity index (χ4n) is 5.00. The molecule has 0 radical (unpaired) electrons. The van der Waals surface area contributed by atoms with E-state index in [1.54, 1.807) is 73.1 Å². The molecule has 11 heteroatoms. The molecule has 0 aliphatic heterocycles. The summed E-state index contributed by atoms with van der Waals surface area (Å²) >= 11 is 12.0. The Morgan fingerprint density at radius 1 is 0.510 bits per heavy atom. The molecule has 0 fully saturated rings. The number of aromatic carboxylic acids is 2. The summed E-state index contributed by atoms with van der Waals surface area (Å²) in [7, 11) is 0. The molecule has 0 saturated carbocycles. The van der Waals surface area contributed by atoms with Crippen molar-refractivity contribution in [2.24, 2.45) is 0 Å². The minimum absolute atomic E-state index is 0. The number of para-hydroxylation sites is 2. The molecule has 0 saturated heterocycles. The second-order valence-electron chi connectivity index (χ2n) is 11.0. The molecule has 0 aliphatic rings. The Hall–Kier alpha value is -5.34. The standard InChI is InChI=1S/2C14H12ClNO2.C12H8N2.Zn/c2*1-9-11(15)6-4-8-12(9)16-13-7-3-2-5-10(13)14(17)18;1-3-9-5-6-10-4-2-8-14-12(10)11(9)13-7-1;/h2*2-8,16H,1H3,(H,17,18);1-8H;/q;;;+2/p-2. The summed E-state index contributed by atoms with van der Waals surface area (Å²) < 4.78 is 0. The Morgan fingerprint density at radius 2 is 0.882 bits per heavy atom. The van der Waals surface area contributed by atoms with Crippen molar-refractivity contribution in [1.29, 1.82) is 0 Å². The normalized spacial score (nSPS) is 10.1. The number of nitrogens with zero attached hydrogens (tertiary/aromatic N) is 2. The van der Waals surface area contributed by atoms with E-state index in [1.165, 1.54) is 12.1 Å². The number of fused-ring (bicyclic) bond motifs is 3. The van der Waals surface area contributed by atoms with Crippen LogP contribution in [0.25, 0.3) is 21.8 Å². The average Bonchev–Trinajstić information content (AvgIpc) is 3.13. The van der Waals surface area contributed by atoms with Crippen LogP contribution in [0.15, 0.2) is 134 Å². The van der Waals surface area contributed by atoms with Gasteiger partial charge >= 0.3 is 19.5 Å². The van der Waals surface area contributed by atoms with E-state index < -0.39 is 11.9 Å². The van der Waals surface area contributed by atoms with Gasteiger partial charge in [-0.25, -0.2) is 0 Å². The van der Waals surface area contributed by atoms with Gasteiger partial charge in [-0.1, -0.05) is 96.0 Å². The number of halogens is 2. The Labute approximate surface area is 317 Å². The van der Waals surface area contributed by atoms with E-state index in [0.29, 0.717) is 21.4 Å². The van der Waals surface area contributed by atoms with Gasteiger partial charge in [0, 0.05) is 67.1 Å². The molecule has 7 rings (SSSR count). The number of aromatic nitrogens is 2. The molecule has 0 spiro atoms. The number of benzene rings is 5. The van der Waals surface area contributed by atoms with Crippen LogP contribution in [-0.4, -0.2) is 21.9 Å². The third kappa shape index (κ3) is 9.68. The number of carboxylic acids is 2. The Balaban J connectivity index is 0.000000171. The number of carbonyl (C=O) groups is 2. The zero-order chi connectivity index (χ0) is 35.6.